The second kappa shape index (κ2) is 6.02. The minimum Gasteiger partial charge on any atom is -0.496 e. The van der Waals surface area contributed by atoms with Crippen molar-refractivity contribution in [3.63, 3.8) is 0 Å². The van der Waals surface area contributed by atoms with Crippen molar-refractivity contribution in [2.75, 3.05) is 13.7 Å². The lowest BCUT2D eigenvalue weighted by Crippen LogP contribution is -2.24. The summed E-state index contributed by atoms with van der Waals surface area (Å²) in [5.74, 6) is 0.777. The summed E-state index contributed by atoms with van der Waals surface area (Å²) < 4.78 is 11.9. The van der Waals surface area contributed by atoms with Gasteiger partial charge in [0.2, 0.25) is 0 Å². The average Bonchev–Trinajstić information content (AvgIpc) is 2.86. The Morgan fingerprint density at radius 2 is 2.33 bits per heavy atom. The van der Waals surface area contributed by atoms with Crippen molar-refractivity contribution in [3.8, 4) is 5.75 Å². The molecule has 0 radical (unpaired) electrons. The van der Waals surface area contributed by atoms with Gasteiger partial charge in [0.1, 0.15) is 5.75 Å². The van der Waals surface area contributed by atoms with Crippen molar-refractivity contribution in [3.05, 3.63) is 27.3 Å². The van der Waals surface area contributed by atoms with Crippen LogP contribution in [0.2, 0.25) is 0 Å². The molecule has 1 aromatic rings. The van der Waals surface area contributed by atoms with Gasteiger partial charge in [0.05, 0.1) is 24.7 Å². The fraction of sp³-hybridized carbons (Fsp3) is 0.500. The lowest BCUT2D eigenvalue weighted by Gasteiger charge is -2.17. The summed E-state index contributed by atoms with van der Waals surface area (Å²) in [4.78, 5) is 12.6. The van der Waals surface area contributed by atoms with Crippen LogP contribution in [0.5, 0.6) is 5.75 Å². The SMILES string of the molecule is CCC1OCCC1C(=O)c1cc(I)ccc1OC. The van der Waals surface area contributed by atoms with Crippen molar-refractivity contribution in [2.24, 2.45) is 5.92 Å². The molecule has 0 spiro atoms. The number of methoxy groups -OCH3 is 1. The lowest BCUT2D eigenvalue weighted by molar-refractivity contribution is 0.0687. The number of ketones is 1. The Labute approximate surface area is 121 Å². The third-order valence-electron chi connectivity index (χ3n) is 3.38. The van der Waals surface area contributed by atoms with Crippen molar-refractivity contribution >= 4 is 28.4 Å². The number of Topliss-reactive ketones (excluding diaryl/α,β-unsaturated/α-hetero) is 1. The summed E-state index contributed by atoms with van der Waals surface area (Å²) in [5, 5.41) is 0. The molecule has 18 heavy (non-hydrogen) atoms. The summed E-state index contributed by atoms with van der Waals surface area (Å²) in [6.45, 7) is 2.74. The molecule has 0 N–H and O–H groups in total. The summed E-state index contributed by atoms with van der Waals surface area (Å²) in [6.07, 6.45) is 1.74. The van der Waals surface area contributed by atoms with Gasteiger partial charge in [0, 0.05) is 10.2 Å². The van der Waals surface area contributed by atoms with Gasteiger partial charge in [0.15, 0.2) is 5.78 Å². The molecule has 4 heteroatoms. The molecule has 0 bridgehead atoms. The molecule has 98 valence electrons. The van der Waals surface area contributed by atoms with Crippen LogP contribution >= 0.6 is 22.6 Å². The van der Waals surface area contributed by atoms with E-state index in [1.54, 1.807) is 7.11 Å². The van der Waals surface area contributed by atoms with Crippen molar-refractivity contribution < 1.29 is 14.3 Å². The Morgan fingerprint density at radius 3 is 3.00 bits per heavy atom. The number of ether oxygens (including phenoxy) is 2. The molecule has 2 unspecified atom stereocenters. The van der Waals surface area contributed by atoms with E-state index in [9.17, 15) is 4.79 Å². The van der Waals surface area contributed by atoms with E-state index in [0.29, 0.717) is 17.9 Å². The minimum atomic E-state index is -0.0258. The summed E-state index contributed by atoms with van der Waals surface area (Å²) in [7, 11) is 1.60. The second-order valence-electron chi connectivity index (χ2n) is 4.42. The van der Waals surface area contributed by atoms with Gasteiger partial charge in [-0.3, -0.25) is 4.79 Å². The van der Waals surface area contributed by atoms with Gasteiger partial charge in [-0.2, -0.15) is 0 Å². The first kappa shape index (κ1) is 13.8. The van der Waals surface area contributed by atoms with Gasteiger partial charge in [-0.15, -0.1) is 0 Å². The highest BCUT2D eigenvalue weighted by Gasteiger charge is 2.34. The maximum atomic E-state index is 12.6. The average molecular weight is 360 g/mol. The van der Waals surface area contributed by atoms with Gasteiger partial charge in [-0.05, 0) is 53.6 Å². The van der Waals surface area contributed by atoms with Crippen LogP contribution in [0.25, 0.3) is 0 Å². The standard InChI is InChI=1S/C14H17IO3/c1-3-12-10(6-7-18-12)14(16)11-8-9(15)4-5-13(11)17-2/h4-5,8,10,12H,3,6-7H2,1-2H3. The first-order valence-corrected chi connectivity index (χ1v) is 7.24. The molecule has 0 saturated carbocycles. The van der Waals surface area contributed by atoms with E-state index in [2.05, 4.69) is 29.5 Å². The summed E-state index contributed by atoms with van der Waals surface area (Å²) in [5.41, 5.74) is 0.679. The molecule has 3 nitrogen and oxygen atoms in total. The third kappa shape index (κ3) is 2.69. The minimum absolute atomic E-state index is 0.0258. The Balaban J connectivity index is 2.30. The predicted octanol–water partition coefficient (Wildman–Crippen LogP) is 3.30. The summed E-state index contributed by atoms with van der Waals surface area (Å²) >= 11 is 2.21. The number of carbonyl (C=O) groups is 1. The van der Waals surface area contributed by atoms with E-state index in [4.69, 9.17) is 9.47 Å². The van der Waals surface area contributed by atoms with Crippen LogP contribution in [0.15, 0.2) is 18.2 Å². The van der Waals surface area contributed by atoms with E-state index < -0.39 is 0 Å². The van der Waals surface area contributed by atoms with E-state index in [-0.39, 0.29) is 17.8 Å². The fourth-order valence-electron chi connectivity index (χ4n) is 2.42. The Hall–Kier alpha value is -0.620. The zero-order valence-electron chi connectivity index (χ0n) is 10.6. The van der Waals surface area contributed by atoms with Crippen LogP contribution in [0.1, 0.15) is 30.1 Å². The lowest BCUT2D eigenvalue weighted by atomic mass is 9.90. The number of halogens is 1. The molecular weight excluding hydrogens is 343 g/mol. The van der Waals surface area contributed by atoms with Gasteiger partial charge < -0.3 is 9.47 Å². The number of carbonyl (C=O) groups excluding carboxylic acids is 1. The first-order valence-electron chi connectivity index (χ1n) is 6.16. The van der Waals surface area contributed by atoms with Crippen molar-refractivity contribution in [1.82, 2.24) is 0 Å². The monoisotopic (exact) mass is 360 g/mol. The van der Waals surface area contributed by atoms with Gasteiger partial charge in [-0.1, -0.05) is 6.92 Å². The van der Waals surface area contributed by atoms with Crippen LogP contribution in [0.3, 0.4) is 0 Å². The van der Waals surface area contributed by atoms with E-state index in [1.165, 1.54) is 0 Å². The molecule has 0 aliphatic carbocycles. The first-order chi connectivity index (χ1) is 8.67. The maximum Gasteiger partial charge on any atom is 0.172 e. The maximum absolute atomic E-state index is 12.6. The normalized spacial score (nSPS) is 23.1. The van der Waals surface area contributed by atoms with Gasteiger partial charge >= 0.3 is 0 Å². The molecule has 2 rings (SSSR count). The zero-order valence-corrected chi connectivity index (χ0v) is 12.8. The molecule has 1 fully saturated rings. The highest BCUT2D eigenvalue weighted by molar-refractivity contribution is 14.1. The molecular formula is C14H17IO3. The summed E-state index contributed by atoms with van der Waals surface area (Å²) in [6, 6.07) is 5.69. The highest BCUT2D eigenvalue weighted by Crippen LogP contribution is 2.31. The predicted molar refractivity (Wildman–Crippen MR) is 78.2 cm³/mol. The second-order valence-corrected chi connectivity index (χ2v) is 5.67. The molecule has 1 heterocycles. The topological polar surface area (TPSA) is 35.5 Å². The number of hydrogen-bond acceptors (Lipinski definition) is 3. The van der Waals surface area contributed by atoms with Crippen LogP contribution in [-0.4, -0.2) is 25.6 Å². The number of hydrogen-bond donors (Lipinski definition) is 0. The Bertz CT molecular complexity index is 445. The largest absolute Gasteiger partial charge is 0.496 e. The molecule has 1 saturated heterocycles. The van der Waals surface area contributed by atoms with Crippen LogP contribution < -0.4 is 4.74 Å². The van der Waals surface area contributed by atoms with Crippen molar-refractivity contribution in [1.29, 1.82) is 0 Å². The molecule has 2 atom stereocenters. The fourth-order valence-corrected chi connectivity index (χ4v) is 2.91. The Morgan fingerprint density at radius 1 is 1.56 bits per heavy atom. The smallest absolute Gasteiger partial charge is 0.172 e. The van der Waals surface area contributed by atoms with Gasteiger partial charge in [-0.25, -0.2) is 0 Å². The number of benzene rings is 1. The molecule has 0 amide bonds. The Kier molecular flexibility index (Phi) is 4.61. The zero-order chi connectivity index (χ0) is 13.1. The quantitative estimate of drug-likeness (QED) is 0.611. The van der Waals surface area contributed by atoms with Gasteiger partial charge in [0.25, 0.3) is 0 Å². The van der Waals surface area contributed by atoms with Crippen LogP contribution in [0, 0.1) is 9.49 Å². The van der Waals surface area contributed by atoms with Crippen LogP contribution in [0.4, 0.5) is 0 Å². The number of rotatable bonds is 4. The van der Waals surface area contributed by atoms with E-state index in [1.807, 2.05) is 18.2 Å². The molecule has 1 aliphatic heterocycles. The molecule has 0 aromatic heterocycles. The van der Waals surface area contributed by atoms with Crippen molar-refractivity contribution in [2.45, 2.75) is 25.9 Å². The molecule has 1 aromatic carbocycles. The highest BCUT2D eigenvalue weighted by atomic mass is 127. The van der Waals surface area contributed by atoms with E-state index in [0.717, 1.165) is 16.4 Å². The van der Waals surface area contributed by atoms with E-state index >= 15 is 0 Å². The van der Waals surface area contributed by atoms with Crippen LogP contribution in [-0.2, 0) is 4.74 Å². The molecule has 1 aliphatic rings. The third-order valence-corrected chi connectivity index (χ3v) is 4.05.